The third kappa shape index (κ3) is 8.23. The van der Waals surface area contributed by atoms with Gasteiger partial charge in [-0.15, -0.1) is 0 Å². The first-order valence-corrected chi connectivity index (χ1v) is 16.7. The number of piperazine rings is 1. The minimum atomic E-state index is -1.73. The maximum Gasteiger partial charge on any atom is 0.409 e. The SMILES string of the molecule is CCCOC(=O)N1CCN(C(=O)C(NC(=O)c2cc(OCC(=O)N3CCC[C@H]3C(=O)NC3CCC3)n(-c3ccccc3)n2)C(C)F)CC1. The molecule has 3 atom stereocenters. The Hall–Kier alpha value is -4.69. The first-order chi connectivity index (χ1) is 23.2. The Labute approximate surface area is 278 Å². The third-order valence-electron chi connectivity index (χ3n) is 8.87. The Morgan fingerprint density at radius 2 is 1.69 bits per heavy atom. The first kappa shape index (κ1) is 34.6. The van der Waals surface area contributed by atoms with Crippen molar-refractivity contribution in [2.75, 3.05) is 45.9 Å². The number of benzene rings is 1. The van der Waals surface area contributed by atoms with E-state index >= 15 is 0 Å². The lowest BCUT2D eigenvalue weighted by Gasteiger charge is -2.36. The van der Waals surface area contributed by atoms with Crippen LogP contribution in [0.1, 0.15) is 62.9 Å². The molecule has 14 nitrogen and oxygen atoms in total. The van der Waals surface area contributed by atoms with Crippen molar-refractivity contribution in [1.82, 2.24) is 35.1 Å². The van der Waals surface area contributed by atoms with Crippen molar-refractivity contribution in [2.45, 2.75) is 76.7 Å². The van der Waals surface area contributed by atoms with Crippen LogP contribution in [0.2, 0.25) is 0 Å². The molecule has 1 saturated carbocycles. The van der Waals surface area contributed by atoms with Crippen LogP contribution in [-0.4, -0.2) is 124 Å². The second-order valence-corrected chi connectivity index (χ2v) is 12.3. The van der Waals surface area contributed by atoms with Gasteiger partial charge in [-0.25, -0.2) is 13.9 Å². The average molecular weight is 670 g/mol. The number of nitrogens with one attached hydrogen (secondary N) is 2. The van der Waals surface area contributed by atoms with Crippen molar-refractivity contribution in [3.8, 4) is 11.6 Å². The molecule has 1 aliphatic carbocycles. The van der Waals surface area contributed by atoms with Crippen molar-refractivity contribution in [3.63, 3.8) is 0 Å². The van der Waals surface area contributed by atoms with Crippen LogP contribution < -0.4 is 15.4 Å². The van der Waals surface area contributed by atoms with Gasteiger partial charge in [0.1, 0.15) is 18.3 Å². The molecule has 5 amide bonds. The summed E-state index contributed by atoms with van der Waals surface area (Å²) < 4.78 is 27.2. The van der Waals surface area contributed by atoms with Crippen LogP contribution in [0.3, 0.4) is 0 Å². The summed E-state index contributed by atoms with van der Waals surface area (Å²) in [4.78, 5) is 69.4. The van der Waals surface area contributed by atoms with Gasteiger partial charge in [0, 0.05) is 44.8 Å². The van der Waals surface area contributed by atoms with Gasteiger partial charge in [0.25, 0.3) is 11.8 Å². The molecule has 15 heteroatoms. The predicted octanol–water partition coefficient (Wildman–Crippen LogP) is 2.06. The number of amides is 5. The summed E-state index contributed by atoms with van der Waals surface area (Å²) in [5, 5.41) is 9.87. The highest BCUT2D eigenvalue weighted by Crippen LogP contribution is 2.24. The third-order valence-corrected chi connectivity index (χ3v) is 8.87. The van der Waals surface area contributed by atoms with Crippen LogP contribution in [0, 0.1) is 0 Å². The molecule has 1 aromatic carbocycles. The number of hydrogen-bond acceptors (Lipinski definition) is 8. The monoisotopic (exact) mass is 669 g/mol. The average Bonchev–Trinajstić information content (AvgIpc) is 3.75. The number of carbonyl (C=O) groups is 5. The van der Waals surface area contributed by atoms with Crippen LogP contribution in [0.5, 0.6) is 5.88 Å². The van der Waals surface area contributed by atoms with Gasteiger partial charge in [0.15, 0.2) is 12.3 Å². The summed E-state index contributed by atoms with van der Waals surface area (Å²) >= 11 is 0. The van der Waals surface area contributed by atoms with Gasteiger partial charge >= 0.3 is 6.09 Å². The lowest BCUT2D eigenvalue weighted by atomic mass is 9.93. The highest BCUT2D eigenvalue weighted by atomic mass is 19.1. The lowest BCUT2D eigenvalue weighted by molar-refractivity contribution is -0.140. The number of halogens is 1. The van der Waals surface area contributed by atoms with Gasteiger partial charge in [-0.1, -0.05) is 25.1 Å². The Bertz CT molecular complexity index is 1460. The fraction of sp³-hybridized carbons (Fsp3) is 0.576. The van der Waals surface area contributed by atoms with Crippen molar-refractivity contribution in [1.29, 1.82) is 0 Å². The fourth-order valence-corrected chi connectivity index (χ4v) is 5.91. The molecule has 0 bridgehead atoms. The fourth-order valence-electron chi connectivity index (χ4n) is 5.91. The van der Waals surface area contributed by atoms with E-state index in [9.17, 15) is 28.4 Å². The summed E-state index contributed by atoms with van der Waals surface area (Å²) in [6, 6.07) is 8.24. The smallest absolute Gasteiger partial charge is 0.409 e. The summed E-state index contributed by atoms with van der Waals surface area (Å²) in [5.41, 5.74) is 0.391. The molecule has 3 fully saturated rings. The molecule has 5 rings (SSSR count). The first-order valence-electron chi connectivity index (χ1n) is 16.7. The maximum absolute atomic E-state index is 14.8. The van der Waals surface area contributed by atoms with E-state index in [0.717, 1.165) is 19.3 Å². The lowest BCUT2D eigenvalue weighted by Crippen LogP contribution is -2.58. The zero-order valence-electron chi connectivity index (χ0n) is 27.4. The van der Waals surface area contributed by atoms with Gasteiger partial charge in [0.05, 0.1) is 12.3 Å². The standard InChI is InChI=1S/C33H44FN7O7/c1-3-19-47-33(46)39-17-15-38(16-18-39)32(45)29(22(2)34)36-30(43)25-20-28(41(37-25)24-11-5-4-6-12-24)48-21-27(42)40-14-8-13-26(40)31(44)35-23-9-7-10-23/h4-6,11-12,20,22-23,26,29H,3,7-10,13-19,21H2,1-2H3,(H,35,44)(H,36,43)/t22?,26-,29?/m0/s1. The number of para-hydroxylation sites is 1. The van der Waals surface area contributed by atoms with Crippen LogP contribution in [0.4, 0.5) is 9.18 Å². The molecule has 2 aromatic rings. The van der Waals surface area contributed by atoms with Crippen LogP contribution in [0.15, 0.2) is 36.4 Å². The second-order valence-electron chi connectivity index (χ2n) is 12.3. The van der Waals surface area contributed by atoms with Crippen molar-refractivity contribution in [2.24, 2.45) is 0 Å². The number of likely N-dealkylation sites (tertiary alicyclic amines) is 1. The highest BCUT2D eigenvalue weighted by Gasteiger charge is 2.37. The molecule has 2 unspecified atom stereocenters. The molecule has 2 saturated heterocycles. The van der Waals surface area contributed by atoms with E-state index in [1.807, 2.05) is 6.92 Å². The van der Waals surface area contributed by atoms with Gasteiger partial charge in [-0.05, 0) is 57.6 Å². The summed E-state index contributed by atoms with van der Waals surface area (Å²) in [6.45, 7) is 4.18. The number of alkyl halides is 1. The van der Waals surface area contributed by atoms with E-state index < -0.39 is 42.8 Å². The van der Waals surface area contributed by atoms with Crippen molar-refractivity contribution in [3.05, 3.63) is 42.1 Å². The summed E-state index contributed by atoms with van der Waals surface area (Å²) in [5.74, 6) is -1.87. The Balaban J connectivity index is 1.24. The van der Waals surface area contributed by atoms with E-state index in [-0.39, 0.29) is 55.6 Å². The Morgan fingerprint density at radius 3 is 2.33 bits per heavy atom. The van der Waals surface area contributed by atoms with Crippen LogP contribution >= 0.6 is 0 Å². The highest BCUT2D eigenvalue weighted by molar-refractivity contribution is 5.97. The van der Waals surface area contributed by atoms with Gasteiger partial charge in [-0.3, -0.25) is 19.2 Å². The number of nitrogens with zero attached hydrogens (tertiary/aromatic N) is 5. The largest absolute Gasteiger partial charge is 0.467 e. The van der Waals surface area contributed by atoms with Gasteiger partial charge < -0.3 is 34.8 Å². The number of hydrogen-bond donors (Lipinski definition) is 2. The Morgan fingerprint density at radius 1 is 0.979 bits per heavy atom. The molecule has 2 N–H and O–H groups in total. The van der Waals surface area contributed by atoms with Gasteiger partial charge in [0.2, 0.25) is 17.7 Å². The van der Waals surface area contributed by atoms with Gasteiger partial charge in [-0.2, -0.15) is 5.10 Å². The van der Waals surface area contributed by atoms with Crippen LogP contribution in [0.25, 0.3) is 5.69 Å². The van der Waals surface area contributed by atoms with E-state index in [1.54, 1.807) is 30.3 Å². The summed E-state index contributed by atoms with van der Waals surface area (Å²) in [6.07, 6.45) is 2.75. The molecule has 48 heavy (non-hydrogen) atoms. The van der Waals surface area contributed by atoms with E-state index in [1.165, 1.54) is 32.4 Å². The number of rotatable bonds is 12. The minimum Gasteiger partial charge on any atom is -0.467 e. The van der Waals surface area contributed by atoms with Crippen molar-refractivity contribution < 1.29 is 37.8 Å². The molecular weight excluding hydrogens is 625 g/mol. The quantitative estimate of drug-likeness (QED) is 0.348. The number of ether oxygens (including phenoxy) is 2. The zero-order valence-corrected chi connectivity index (χ0v) is 27.4. The molecule has 0 spiro atoms. The zero-order chi connectivity index (χ0) is 34.2. The molecule has 2 aliphatic heterocycles. The topological polar surface area (TPSA) is 155 Å². The molecule has 3 heterocycles. The number of aromatic nitrogens is 2. The molecule has 3 aliphatic rings. The van der Waals surface area contributed by atoms with Crippen molar-refractivity contribution >= 4 is 29.7 Å². The molecule has 1 aromatic heterocycles. The molecular formula is C33H44FN7O7. The normalized spacial score (nSPS) is 19.2. The summed E-state index contributed by atoms with van der Waals surface area (Å²) in [7, 11) is 0. The second kappa shape index (κ2) is 15.9. The molecule has 260 valence electrons. The molecule has 0 radical (unpaired) electrons. The minimum absolute atomic E-state index is 0.0802. The number of carbonyl (C=O) groups excluding carboxylic acids is 5. The van der Waals surface area contributed by atoms with E-state index in [2.05, 4.69) is 15.7 Å². The van der Waals surface area contributed by atoms with Crippen LogP contribution in [-0.2, 0) is 19.1 Å². The van der Waals surface area contributed by atoms with E-state index in [4.69, 9.17) is 9.47 Å². The van der Waals surface area contributed by atoms with E-state index in [0.29, 0.717) is 38.1 Å². The Kier molecular flexibility index (Phi) is 11.5. The maximum atomic E-state index is 14.8. The predicted molar refractivity (Wildman–Crippen MR) is 171 cm³/mol.